The average molecular weight is 445 g/mol. The minimum atomic E-state index is -0.499. The molecular formula is C27H25FN2O3. The van der Waals surface area contributed by atoms with Crippen LogP contribution in [0.1, 0.15) is 30.5 Å². The smallest absolute Gasteiger partial charge is 0.278 e. The predicted octanol–water partition coefficient (Wildman–Crippen LogP) is 5.31. The van der Waals surface area contributed by atoms with Gasteiger partial charge < -0.3 is 10.1 Å². The Kier molecular flexibility index (Phi) is 6.27. The van der Waals surface area contributed by atoms with Gasteiger partial charge in [-0.3, -0.25) is 14.5 Å². The van der Waals surface area contributed by atoms with E-state index >= 15 is 0 Å². The van der Waals surface area contributed by atoms with E-state index in [0.29, 0.717) is 17.0 Å². The first-order chi connectivity index (χ1) is 15.8. The van der Waals surface area contributed by atoms with Crippen LogP contribution in [0.3, 0.4) is 0 Å². The Bertz CT molecular complexity index is 1210. The van der Waals surface area contributed by atoms with Gasteiger partial charge in [-0.05, 0) is 56.7 Å². The summed E-state index contributed by atoms with van der Waals surface area (Å²) in [5.41, 5.74) is 3.00. The Hall–Kier alpha value is -3.93. The predicted molar refractivity (Wildman–Crippen MR) is 126 cm³/mol. The van der Waals surface area contributed by atoms with Crippen molar-refractivity contribution in [2.45, 2.75) is 33.4 Å². The first-order valence-electron chi connectivity index (χ1n) is 10.8. The number of hydrogen-bond donors (Lipinski definition) is 1. The summed E-state index contributed by atoms with van der Waals surface area (Å²) in [7, 11) is 0. The quantitative estimate of drug-likeness (QED) is 0.502. The maximum atomic E-state index is 14.2. The summed E-state index contributed by atoms with van der Waals surface area (Å²) in [5.74, 6) is -0.717. The number of benzene rings is 3. The van der Waals surface area contributed by atoms with E-state index in [9.17, 15) is 14.0 Å². The van der Waals surface area contributed by atoms with Crippen LogP contribution in [0, 0.1) is 12.7 Å². The van der Waals surface area contributed by atoms with Gasteiger partial charge in [-0.2, -0.15) is 0 Å². The lowest BCUT2D eigenvalue weighted by Crippen LogP contribution is -2.32. The van der Waals surface area contributed by atoms with Gasteiger partial charge in [0.05, 0.1) is 18.2 Å². The van der Waals surface area contributed by atoms with E-state index in [1.54, 1.807) is 42.5 Å². The number of carbonyl (C=O) groups excluding carboxylic acids is 2. The first kappa shape index (κ1) is 22.3. The van der Waals surface area contributed by atoms with Crippen molar-refractivity contribution >= 4 is 23.1 Å². The summed E-state index contributed by atoms with van der Waals surface area (Å²) in [5, 5.41) is 3.11. The van der Waals surface area contributed by atoms with Crippen LogP contribution in [-0.2, 0) is 16.1 Å². The number of rotatable bonds is 7. The van der Waals surface area contributed by atoms with Gasteiger partial charge in [0.15, 0.2) is 0 Å². The zero-order valence-electron chi connectivity index (χ0n) is 18.8. The van der Waals surface area contributed by atoms with Crippen molar-refractivity contribution in [2.24, 2.45) is 0 Å². The molecule has 0 saturated carbocycles. The molecule has 0 saturated heterocycles. The molecule has 0 radical (unpaired) electrons. The van der Waals surface area contributed by atoms with E-state index in [0.717, 1.165) is 10.5 Å². The molecule has 0 bridgehead atoms. The SMILES string of the molecule is Cc1ccc(C2=C(Nc3ccc(OC(C)C)cc3)C(=O)N(Cc3ccccc3F)C2=O)cc1. The number of halogens is 1. The summed E-state index contributed by atoms with van der Waals surface area (Å²) >= 11 is 0. The van der Waals surface area contributed by atoms with Crippen LogP contribution in [0.15, 0.2) is 78.5 Å². The molecule has 5 nitrogen and oxygen atoms in total. The fraction of sp³-hybridized carbons (Fsp3) is 0.185. The molecule has 33 heavy (non-hydrogen) atoms. The fourth-order valence-electron chi connectivity index (χ4n) is 3.65. The van der Waals surface area contributed by atoms with Crippen LogP contribution in [0.5, 0.6) is 5.75 Å². The standard InChI is InChI=1S/C27H25FN2O3/c1-17(2)33-22-14-12-21(13-15-22)29-25-24(19-10-8-18(3)9-11-19)26(31)30(27(25)32)16-20-6-4-5-7-23(20)28/h4-15,17,29H,16H2,1-3H3. The summed E-state index contributed by atoms with van der Waals surface area (Å²) < 4.78 is 19.9. The third-order valence-corrected chi connectivity index (χ3v) is 5.29. The highest BCUT2D eigenvalue weighted by molar-refractivity contribution is 6.36. The topological polar surface area (TPSA) is 58.6 Å². The zero-order chi connectivity index (χ0) is 23.5. The Balaban J connectivity index is 1.69. The largest absolute Gasteiger partial charge is 0.491 e. The van der Waals surface area contributed by atoms with Gasteiger partial charge >= 0.3 is 0 Å². The van der Waals surface area contributed by atoms with Gasteiger partial charge in [0.1, 0.15) is 17.3 Å². The molecule has 0 spiro atoms. The second kappa shape index (κ2) is 9.28. The number of nitrogens with zero attached hydrogens (tertiary/aromatic N) is 1. The van der Waals surface area contributed by atoms with Gasteiger partial charge in [0.2, 0.25) is 0 Å². The summed E-state index contributed by atoms with van der Waals surface area (Å²) in [6.45, 7) is 5.69. The van der Waals surface area contributed by atoms with Crippen molar-refractivity contribution in [1.82, 2.24) is 4.90 Å². The van der Waals surface area contributed by atoms with Gasteiger partial charge in [-0.15, -0.1) is 0 Å². The molecule has 0 atom stereocenters. The van der Waals surface area contributed by atoms with Gasteiger partial charge in [0.25, 0.3) is 11.8 Å². The number of ether oxygens (including phenoxy) is 1. The maximum Gasteiger partial charge on any atom is 0.278 e. The van der Waals surface area contributed by atoms with Gasteiger partial charge in [-0.1, -0.05) is 48.0 Å². The molecule has 3 aromatic rings. The second-order valence-corrected chi connectivity index (χ2v) is 8.22. The Labute approximate surface area is 192 Å². The highest BCUT2D eigenvalue weighted by Crippen LogP contribution is 2.32. The third kappa shape index (κ3) is 4.80. The molecule has 0 unspecified atom stereocenters. The molecule has 1 aliphatic rings. The molecule has 6 heteroatoms. The zero-order valence-corrected chi connectivity index (χ0v) is 18.8. The maximum absolute atomic E-state index is 14.2. The normalized spacial score (nSPS) is 13.8. The van der Waals surface area contributed by atoms with Crippen molar-refractivity contribution in [1.29, 1.82) is 0 Å². The van der Waals surface area contributed by atoms with E-state index in [1.165, 1.54) is 6.07 Å². The number of anilines is 1. The fourth-order valence-corrected chi connectivity index (χ4v) is 3.65. The molecule has 0 aliphatic carbocycles. The number of nitrogens with one attached hydrogen (secondary N) is 1. The second-order valence-electron chi connectivity index (χ2n) is 8.22. The number of hydrogen-bond acceptors (Lipinski definition) is 4. The van der Waals surface area contributed by atoms with E-state index in [-0.39, 0.29) is 29.5 Å². The van der Waals surface area contributed by atoms with Crippen molar-refractivity contribution in [3.8, 4) is 5.75 Å². The third-order valence-electron chi connectivity index (χ3n) is 5.29. The Morgan fingerprint density at radius 3 is 2.21 bits per heavy atom. The van der Waals surface area contributed by atoms with Gasteiger partial charge in [0, 0.05) is 11.3 Å². The van der Waals surface area contributed by atoms with Crippen LogP contribution in [0.25, 0.3) is 5.57 Å². The van der Waals surface area contributed by atoms with Gasteiger partial charge in [-0.25, -0.2) is 4.39 Å². The molecule has 4 rings (SSSR count). The van der Waals surface area contributed by atoms with E-state index in [2.05, 4.69) is 5.32 Å². The molecule has 3 aromatic carbocycles. The van der Waals surface area contributed by atoms with Crippen LogP contribution >= 0.6 is 0 Å². The van der Waals surface area contributed by atoms with Crippen LogP contribution in [0.2, 0.25) is 0 Å². The molecule has 1 aliphatic heterocycles. The lowest BCUT2D eigenvalue weighted by atomic mass is 10.0. The molecule has 1 N–H and O–H groups in total. The number of carbonyl (C=O) groups is 2. The molecular weight excluding hydrogens is 419 g/mol. The van der Waals surface area contributed by atoms with Crippen LogP contribution < -0.4 is 10.1 Å². The molecule has 1 heterocycles. The lowest BCUT2D eigenvalue weighted by molar-refractivity contribution is -0.137. The van der Waals surface area contributed by atoms with E-state index in [1.807, 2.05) is 45.0 Å². The number of aryl methyl sites for hydroxylation is 1. The Morgan fingerprint density at radius 1 is 0.909 bits per heavy atom. The monoisotopic (exact) mass is 444 g/mol. The summed E-state index contributed by atoms with van der Waals surface area (Å²) in [6.07, 6.45) is 0.0422. The van der Waals surface area contributed by atoms with Crippen LogP contribution in [0.4, 0.5) is 10.1 Å². The highest BCUT2D eigenvalue weighted by Gasteiger charge is 2.39. The molecule has 2 amide bonds. The van der Waals surface area contributed by atoms with E-state index in [4.69, 9.17) is 4.74 Å². The average Bonchev–Trinajstić information content (AvgIpc) is 3.01. The molecule has 0 aromatic heterocycles. The van der Waals surface area contributed by atoms with Crippen molar-refractivity contribution in [2.75, 3.05) is 5.32 Å². The minimum absolute atomic E-state index is 0.0422. The van der Waals surface area contributed by atoms with Crippen LogP contribution in [-0.4, -0.2) is 22.8 Å². The summed E-state index contributed by atoms with van der Waals surface area (Å²) in [6, 6.07) is 20.7. The van der Waals surface area contributed by atoms with Crippen molar-refractivity contribution in [3.05, 3.63) is 101 Å². The first-order valence-corrected chi connectivity index (χ1v) is 10.8. The number of amides is 2. The number of imide groups is 1. The lowest BCUT2D eigenvalue weighted by Gasteiger charge is -2.16. The molecule has 0 fully saturated rings. The highest BCUT2D eigenvalue weighted by atomic mass is 19.1. The summed E-state index contributed by atoms with van der Waals surface area (Å²) in [4.78, 5) is 27.8. The molecule has 168 valence electrons. The Morgan fingerprint density at radius 2 is 1.58 bits per heavy atom. The van der Waals surface area contributed by atoms with Crippen molar-refractivity contribution < 1.29 is 18.7 Å². The minimum Gasteiger partial charge on any atom is -0.491 e. The van der Waals surface area contributed by atoms with E-state index < -0.39 is 17.6 Å². The van der Waals surface area contributed by atoms with Crippen molar-refractivity contribution in [3.63, 3.8) is 0 Å².